The molecule has 0 aliphatic carbocycles. The lowest BCUT2D eigenvalue weighted by Crippen LogP contribution is -2.39. The van der Waals surface area contributed by atoms with Gasteiger partial charge in [-0.3, -0.25) is 9.69 Å². The van der Waals surface area contributed by atoms with E-state index in [1.807, 2.05) is 0 Å². The Hall–Kier alpha value is -2.10. The van der Waals surface area contributed by atoms with Gasteiger partial charge in [0.1, 0.15) is 6.54 Å². The Morgan fingerprint density at radius 2 is 2.30 bits per heavy atom. The number of fused-ring (bicyclic) bond motifs is 1. The van der Waals surface area contributed by atoms with E-state index >= 15 is 0 Å². The van der Waals surface area contributed by atoms with Crippen molar-refractivity contribution in [1.29, 1.82) is 0 Å². The molecule has 0 bridgehead atoms. The Bertz CT molecular complexity index is 702. The molecule has 0 unspecified atom stereocenters. The predicted octanol–water partition coefficient (Wildman–Crippen LogP) is 2.64. The van der Waals surface area contributed by atoms with E-state index in [1.54, 1.807) is 12.3 Å². The molecule has 0 atom stereocenters. The fourth-order valence-electron chi connectivity index (χ4n) is 2.18. The second-order valence-corrected chi connectivity index (χ2v) is 5.91. The Kier molecular flexibility index (Phi) is 4.00. The zero-order valence-corrected chi connectivity index (χ0v) is 12.9. The molecule has 0 N–H and O–H groups in total. The van der Waals surface area contributed by atoms with E-state index in [2.05, 4.69) is 10.1 Å². The van der Waals surface area contributed by atoms with Gasteiger partial charge < -0.3 is 4.74 Å². The van der Waals surface area contributed by atoms with E-state index in [0.717, 1.165) is 17.8 Å². The van der Waals surface area contributed by atoms with Crippen LogP contribution in [0.4, 0.5) is 18.3 Å². The first-order valence-corrected chi connectivity index (χ1v) is 7.73. The van der Waals surface area contributed by atoms with Crippen LogP contribution in [-0.2, 0) is 6.54 Å². The van der Waals surface area contributed by atoms with E-state index in [0.29, 0.717) is 29.6 Å². The van der Waals surface area contributed by atoms with Gasteiger partial charge in [0.15, 0.2) is 10.8 Å². The molecule has 0 radical (unpaired) electrons. The maximum absolute atomic E-state index is 12.8. The number of hydrogen-bond acceptors (Lipinski definition) is 5. The van der Waals surface area contributed by atoms with Crippen LogP contribution in [-0.4, -0.2) is 40.0 Å². The number of aryl methyl sites for hydroxylation is 2. The molecule has 10 heteroatoms. The molecular formula is C13H13F3N4O2S. The molecule has 1 aliphatic heterocycles. The number of nitrogens with zero attached hydrogens (tertiary/aromatic N) is 4. The predicted molar refractivity (Wildman–Crippen MR) is 76.9 cm³/mol. The van der Waals surface area contributed by atoms with Crippen LogP contribution >= 0.6 is 11.3 Å². The normalized spacial score (nSPS) is 14.3. The Labute approximate surface area is 133 Å². The van der Waals surface area contributed by atoms with Gasteiger partial charge >= 0.3 is 6.18 Å². The van der Waals surface area contributed by atoms with Gasteiger partial charge in [0.2, 0.25) is 5.88 Å². The minimum absolute atomic E-state index is 0.00304. The zero-order chi connectivity index (χ0) is 16.6. The molecule has 2 aromatic heterocycles. The van der Waals surface area contributed by atoms with Gasteiger partial charge in [0.05, 0.1) is 12.3 Å². The Morgan fingerprint density at radius 3 is 2.91 bits per heavy atom. The lowest BCUT2D eigenvalue weighted by molar-refractivity contribution is -0.118. The van der Waals surface area contributed by atoms with Gasteiger partial charge in [-0.15, -0.1) is 11.3 Å². The van der Waals surface area contributed by atoms with E-state index < -0.39 is 18.6 Å². The van der Waals surface area contributed by atoms with Crippen molar-refractivity contribution in [2.24, 2.45) is 0 Å². The van der Waals surface area contributed by atoms with Gasteiger partial charge in [0, 0.05) is 24.4 Å². The number of ether oxygens (including phenoxy) is 1. The quantitative estimate of drug-likeness (QED) is 0.857. The summed E-state index contributed by atoms with van der Waals surface area (Å²) in [7, 11) is 0. The SMILES string of the molecule is Cc1csc(N(CC(F)(F)F)C(=O)c2cc3n(n2)CCCO3)n1. The standard InChI is InChI=1S/C13H13F3N4O2S/c1-8-6-23-12(17-8)19(7-13(14,15)16)11(21)9-5-10-20(18-9)3-2-4-22-10/h5-6H,2-4,7H2,1H3. The van der Waals surface area contributed by atoms with Crippen LogP contribution < -0.4 is 9.64 Å². The second-order valence-electron chi connectivity index (χ2n) is 5.07. The van der Waals surface area contributed by atoms with Gasteiger partial charge in [-0.2, -0.15) is 18.3 Å². The number of amides is 1. The molecule has 2 aromatic rings. The van der Waals surface area contributed by atoms with Crippen LogP contribution in [0.1, 0.15) is 22.6 Å². The number of anilines is 1. The van der Waals surface area contributed by atoms with Gasteiger partial charge in [-0.25, -0.2) is 9.67 Å². The average molecular weight is 346 g/mol. The molecule has 0 saturated carbocycles. The summed E-state index contributed by atoms with van der Waals surface area (Å²) < 4.78 is 45.3. The number of aromatic nitrogens is 3. The highest BCUT2D eigenvalue weighted by molar-refractivity contribution is 7.14. The molecule has 0 fully saturated rings. The van der Waals surface area contributed by atoms with E-state index in [9.17, 15) is 18.0 Å². The average Bonchev–Trinajstić information content (AvgIpc) is 3.09. The number of carbonyl (C=O) groups excluding carboxylic acids is 1. The summed E-state index contributed by atoms with van der Waals surface area (Å²) in [6.45, 7) is 1.30. The minimum Gasteiger partial charge on any atom is -0.478 e. The summed E-state index contributed by atoms with van der Waals surface area (Å²) in [6, 6.07) is 1.37. The number of carbonyl (C=O) groups is 1. The fraction of sp³-hybridized carbons (Fsp3) is 0.462. The van der Waals surface area contributed by atoms with Crippen LogP contribution in [0.2, 0.25) is 0 Å². The summed E-state index contributed by atoms with van der Waals surface area (Å²) in [6.07, 6.45) is -3.80. The Morgan fingerprint density at radius 1 is 1.52 bits per heavy atom. The van der Waals surface area contributed by atoms with E-state index in [4.69, 9.17) is 4.74 Å². The lowest BCUT2D eigenvalue weighted by Gasteiger charge is -2.20. The number of hydrogen-bond donors (Lipinski definition) is 0. The first kappa shape index (κ1) is 15.8. The van der Waals surface area contributed by atoms with Gasteiger partial charge in [-0.05, 0) is 6.92 Å². The minimum atomic E-state index is -4.54. The summed E-state index contributed by atoms with van der Waals surface area (Å²) in [5, 5.41) is 5.63. The zero-order valence-electron chi connectivity index (χ0n) is 12.1. The van der Waals surface area contributed by atoms with Crippen molar-refractivity contribution in [3.8, 4) is 5.88 Å². The van der Waals surface area contributed by atoms with Crippen LogP contribution in [0.5, 0.6) is 5.88 Å². The molecule has 0 aromatic carbocycles. The number of halogens is 3. The van der Waals surface area contributed by atoms with Crippen LogP contribution in [0.25, 0.3) is 0 Å². The monoisotopic (exact) mass is 346 g/mol. The highest BCUT2D eigenvalue weighted by atomic mass is 32.1. The molecule has 0 saturated heterocycles. The van der Waals surface area contributed by atoms with E-state index in [1.165, 1.54) is 10.7 Å². The van der Waals surface area contributed by atoms with Crippen molar-refractivity contribution in [3.63, 3.8) is 0 Å². The fourth-order valence-corrected chi connectivity index (χ4v) is 2.98. The first-order chi connectivity index (χ1) is 10.8. The molecule has 1 amide bonds. The molecule has 3 rings (SSSR count). The summed E-state index contributed by atoms with van der Waals surface area (Å²) in [5.74, 6) is -0.455. The van der Waals surface area contributed by atoms with Crippen molar-refractivity contribution in [3.05, 3.63) is 22.8 Å². The van der Waals surface area contributed by atoms with Crippen LogP contribution in [0.15, 0.2) is 11.4 Å². The molecule has 23 heavy (non-hydrogen) atoms. The largest absolute Gasteiger partial charge is 0.478 e. The molecular weight excluding hydrogens is 333 g/mol. The molecule has 3 heterocycles. The van der Waals surface area contributed by atoms with Gasteiger partial charge in [0.25, 0.3) is 5.91 Å². The summed E-state index contributed by atoms with van der Waals surface area (Å²) in [4.78, 5) is 17.1. The van der Waals surface area contributed by atoms with Crippen molar-refractivity contribution in [2.75, 3.05) is 18.1 Å². The number of rotatable bonds is 3. The van der Waals surface area contributed by atoms with Crippen LogP contribution in [0.3, 0.4) is 0 Å². The molecule has 6 nitrogen and oxygen atoms in total. The molecule has 1 aliphatic rings. The number of thiazole rings is 1. The molecule has 124 valence electrons. The van der Waals surface area contributed by atoms with E-state index in [-0.39, 0.29) is 10.8 Å². The summed E-state index contributed by atoms with van der Waals surface area (Å²) in [5.41, 5.74) is 0.469. The van der Waals surface area contributed by atoms with Crippen molar-refractivity contribution in [1.82, 2.24) is 14.8 Å². The maximum Gasteiger partial charge on any atom is 0.406 e. The first-order valence-electron chi connectivity index (χ1n) is 6.85. The smallest absolute Gasteiger partial charge is 0.406 e. The van der Waals surface area contributed by atoms with Crippen molar-refractivity contribution < 1.29 is 22.7 Å². The highest BCUT2D eigenvalue weighted by Crippen LogP contribution is 2.28. The van der Waals surface area contributed by atoms with Crippen LogP contribution in [0, 0.1) is 6.92 Å². The third-order valence-electron chi connectivity index (χ3n) is 3.15. The maximum atomic E-state index is 12.8. The second kappa shape index (κ2) is 5.84. The van der Waals surface area contributed by atoms with Crippen molar-refractivity contribution >= 4 is 22.4 Å². The van der Waals surface area contributed by atoms with Crippen molar-refractivity contribution in [2.45, 2.75) is 26.1 Å². The Balaban J connectivity index is 1.92. The summed E-state index contributed by atoms with van der Waals surface area (Å²) >= 11 is 0.984. The molecule has 0 spiro atoms. The highest BCUT2D eigenvalue weighted by Gasteiger charge is 2.36. The number of alkyl halides is 3. The third kappa shape index (κ3) is 3.46. The lowest BCUT2D eigenvalue weighted by atomic mass is 10.3. The topological polar surface area (TPSA) is 60.2 Å². The third-order valence-corrected chi connectivity index (χ3v) is 4.13. The van der Waals surface area contributed by atoms with Gasteiger partial charge in [-0.1, -0.05) is 0 Å².